The zero-order valence-corrected chi connectivity index (χ0v) is 12.4. The van der Waals surface area contributed by atoms with Crippen LogP contribution < -0.4 is 5.73 Å². The Hall–Kier alpha value is -0.660. The van der Waals surface area contributed by atoms with Crippen LogP contribution in [0.1, 0.15) is 6.23 Å². The number of ether oxygens (including phenoxy) is 1. The van der Waals surface area contributed by atoms with Gasteiger partial charge in [-0.2, -0.15) is 0 Å². The molecule has 2 aromatic rings. The van der Waals surface area contributed by atoms with Gasteiger partial charge in [-0.1, -0.05) is 0 Å². The van der Waals surface area contributed by atoms with E-state index in [1.165, 1.54) is 17.2 Å². The van der Waals surface area contributed by atoms with Crippen LogP contribution in [0.5, 0.6) is 0 Å². The Bertz CT molecular complexity index is 769. The van der Waals surface area contributed by atoms with Crippen LogP contribution in [0.3, 0.4) is 0 Å². The molecule has 2 aromatic heterocycles. The second kappa shape index (κ2) is 7.30. The fraction of sp³-hybridized carbons (Fsp3) is 0.500. The number of fused-ring (bicyclic) bond motifs is 1. The summed E-state index contributed by atoms with van der Waals surface area (Å²) < 4.78 is 21.8. The van der Waals surface area contributed by atoms with Gasteiger partial charge in [0.15, 0.2) is 17.7 Å². The number of nitrogen functional groups attached to an aromatic ring is 1. The number of rotatable bonds is 4. The van der Waals surface area contributed by atoms with Gasteiger partial charge in [-0.25, -0.2) is 19.5 Å². The first kappa shape index (κ1) is 19.7. The van der Waals surface area contributed by atoms with Gasteiger partial charge in [0.1, 0.15) is 30.2 Å². The van der Waals surface area contributed by atoms with Crippen molar-refractivity contribution in [3.63, 3.8) is 0 Å². The van der Waals surface area contributed by atoms with Crippen molar-refractivity contribution >= 4 is 54.4 Å². The van der Waals surface area contributed by atoms with Crippen LogP contribution in [-0.4, -0.2) is 94.0 Å². The molecule has 0 aromatic carbocycles. The van der Waals surface area contributed by atoms with E-state index in [9.17, 15) is 14.8 Å². The molecule has 1 aliphatic heterocycles. The summed E-state index contributed by atoms with van der Waals surface area (Å²) in [6.45, 7) is -0.594. The van der Waals surface area contributed by atoms with Crippen LogP contribution in [0.25, 0.3) is 11.2 Å². The second-order valence-corrected chi connectivity index (χ2v) is 6.15. The number of aliphatic hydroxyl groups is 2. The molecule has 0 saturated carbocycles. The third kappa shape index (κ3) is 3.78. The molecule has 1 fully saturated rings. The number of phosphoric ester groups is 1. The summed E-state index contributed by atoms with van der Waals surface area (Å²) in [5, 5.41) is 20.1. The van der Waals surface area contributed by atoms with E-state index in [2.05, 4.69) is 19.5 Å². The summed E-state index contributed by atoms with van der Waals surface area (Å²) in [5.41, 5.74) is 6.25. The van der Waals surface area contributed by atoms with Crippen molar-refractivity contribution in [1.29, 1.82) is 0 Å². The van der Waals surface area contributed by atoms with Crippen LogP contribution in [0, 0.1) is 0 Å². The summed E-state index contributed by atoms with van der Waals surface area (Å²) >= 11 is 0. The summed E-state index contributed by atoms with van der Waals surface area (Å²) in [6.07, 6.45) is -2.49. The predicted molar refractivity (Wildman–Crippen MR) is 80.8 cm³/mol. The van der Waals surface area contributed by atoms with Gasteiger partial charge in [0.25, 0.3) is 0 Å². The Morgan fingerprint density at radius 1 is 1.29 bits per heavy atom. The molecular formula is C10H15N5NaO7P. The number of hydrogen-bond donors (Lipinski definition) is 5. The molecule has 12 nitrogen and oxygen atoms in total. The van der Waals surface area contributed by atoms with E-state index in [0.29, 0.717) is 5.52 Å². The zero-order valence-electron chi connectivity index (χ0n) is 11.5. The molecule has 0 amide bonds. The van der Waals surface area contributed by atoms with Crippen molar-refractivity contribution < 1.29 is 33.8 Å². The van der Waals surface area contributed by atoms with Crippen molar-refractivity contribution in [1.82, 2.24) is 19.5 Å². The number of aliphatic hydroxyl groups excluding tert-OH is 2. The fourth-order valence-corrected chi connectivity index (χ4v) is 2.66. The van der Waals surface area contributed by atoms with Gasteiger partial charge >= 0.3 is 37.4 Å². The molecule has 0 bridgehead atoms. The third-order valence-corrected chi connectivity index (χ3v) is 3.89. The topological polar surface area (TPSA) is 186 Å². The number of anilines is 1. The Balaban J connectivity index is 0.00000208. The quantitative estimate of drug-likeness (QED) is 0.282. The van der Waals surface area contributed by atoms with Crippen LogP contribution in [0.15, 0.2) is 12.7 Å². The van der Waals surface area contributed by atoms with Gasteiger partial charge in [0.05, 0.1) is 12.9 Å². The van der Waals surface area contributed by atoms with E-state index in [1.54, 1.807) is 0 Å². The van der Waals surface area contributed by atoms with Crippen molar-refractivity contribution in [2.24, 2.45) is 0 Å². The molecule has 0 aliphatic carbocycles. The van der Waals surface area contributed by atoms with E-state index < -0.39 is 39.0 Å². The molecule has 4 atom stereocenters. The molecule has 3 heterocycles. The number of imidazole rings is 1. The minimum absolute atomic E-state index is 0. The summed E-state index contributed by atoms with van der Waals surface area (Å²) in [5.74, 6) is 0.142. The molecule has 14 heteroatoms. The molecule has 128 valence electrons. The fourth-order valence-electron chi connectivity index (χ4n) is 2.32. The van der Waals surface area contributed by atoms with Crippen LogP contribution >= 0.6 is 7.82 Å². The zero-order chi connectivity index (χ0) is 16.8. The normalized spacial score (nSPS) is 27.3. The number of phosphoric acid groups is 1. The van der Waals surface area contributed by atoms with E-state index >= 15 is 0 Å². The molecule has 1 aliphatic rings. The molecule has 2 unspecified atom stereocenters. The van der Waals surface area contributed by atoms with Gasteiger partial charge in [0.2, 0.25) is 0 Å². The molecular weight excluding hydrogens is 356 g/mol. The first-order chi connectivity index (χ1) is 10.8. The molecule has 24 heavy (non-hydrogen) atoms. The molecule has 0 radical (unpaired) electrons. The predicted octanol–water partition coefficient (Wildman–Crippen LogP) is -2.51. The summed E-state index contributed by atoms with van der Waals surface area (Å²) in [4.78, 5) is 29.2. The monoisotopic (exact) mass is 371 g/mol. The maximum atomic E-state index is 10.7. The number of nitrogens with zero attached hydrogens (tertiary/aromatic N) is 4. The summed E-state index contributed by atoms with van der Waals surface area (Å²) in [6, 6.07) is 0. The van der Waals surface area contributed by atoms with Gasteiger partial charge in [-0.3, -0.25) is 9.09 Å². The van der Waals surface area contributed by atoms with Crippen LogP contribution in [0.4, 0.5) is 5.82 Å². The van der Waals surface area contributed by atoms with Crippen molar-refractivity contribution in [2.75, 3.05) is 12.3 Å². The molecule has 1 saturated heterocycles. The third-order valence-electron chi connectivity index (χ3n) is 3.41. The van der Waals surface area contributed by atoms with E-state index in [1.807, 2.05) is 0 Å². The number of nitrogens with two attached hydrogens (primary N) is 1. The SMILES string of the molecule is Nc1ncnc2c1ncn2[C@@H]1O[C@H](COP(=O)(O)O)C(O)C1O.[NaH]. The van der Waals surface area contributed by atoms with E-state index in [0.717, 1.165) is 0 Å². The molecule has 0 spiro atoms. The van der Waals surface area contributed by atoms with Gasteiger partial charge < -0.3 is 30.5 Å². The first-order valence-electron chi connectivity index (χ1n) is 6.42. The van der Waals surface area contributed by atoms with E-state index in [4.69, 9.17) is 20.3 Å². The van der Waals surface area contributed by atoms with Crippen LogP contribution in [0.2, 0.25) is 0 Å². The van der Waals surface area contributed by atoms with E-state index in [-0.39, 0.29) is 41.0 Å². The Morgan fingerprint density at radius 3 is 2.67 bits per heavy atom. The van der Waals surface area contributed by atoms with Crippen molar-refractivity contribution in [3.05, 3.63) is 12.7 Å². The molecule has 6 N–H and O–H groups in total. The van der Waals surface area contributed by atoms with Gasteiger partial charge in [0, 0.05) is 0 Å². The standard InChI is InChI=1S/C10H14N5O7P.Na.H/c11-8-5-9(13-2-12-8)15(3-14-5)10-7(17)6(16)4(22-10)1-21-23(18,19)20;;/h2-4,6-7,10,16-17H,1H2,(H2,11,12,13)(H2,18,19,20);;/t4-,6?,7?,10-;;/m1../s1. The first-order valence-corrected chi connectivity index (χ1v) is 7.95. The van der Waals surface area contributed by atoms with Crippen molar-refractivity contribution in [2.45, 2.75) is 24.5 Å². The minimum atomic E-state index is -4.72. The van der Waals surface area contributed by atoms with Gasteiger partial charge in [-0.15, -0.1) is 0 Å². The Kier molecular flexibility index (Phi) is 5.98. The average Bonchev–Trinajstić information content (AvgIpc) is 3.01. The maximum absolute atomic E-state index is 10.7. The number of hydrogen-bond acceptors (Lipinski definition) is 9. The van der Waals surface area contributed by atoms with Gasteiger partial charge in [-0.05, 0) is 0 Å². The van der Waals surface area contributed by atoms with Crippen molar-refractivity contribution in [3.8, 4) is 0 Å². The second-order valence-electron chi connectivity index (χ2n) is 4.92. The number of aromatic nitrogens is 4. The summed E-state index contributed by atoms with van der Waals surface area (Å²) in [7, 11) is -4.72. The Labute approximate surface area is 157 Å². The van der Waals surface area contributed by atoms with Crippen LogP contribution in [-0.2, 0) is 13.8 Å². The molecule has 3 rings (SSSR count). The Morgan fingerprint density at radius 2 is 2.00 bits per heavy atom. The average molecular weight is 371 g/mol.